The van der Waals surface area contributed by atoms with Gasteiger partial charge in [-0.05, 0) is 43.3 Å². The van der Waals surface area contributed by atoms with Gasteiger partial charge in [0.25, 0.3) is 0 Å². The van der Waals surface area contributed by atoms with Gasteiger partial charge in [-0.2, -0.15) is 0 Å². The van der Waals surface area contributed by atoms with Gasteiger partial charge in [-0.3, -0.25) is 14.4 Å². The SMILES string of the molecule is COc1cccc(C(=O)c2cn(CC(=O)Nc3cc(F)ccc3F)c3nc(C)ccc3c2=O)c1. The van der Waals surface area contributed by atoms with E-state index in [1.165, 1.54) is 30.0 Å². The lowest BCUT2D eigenvalue weighted by Crippen LogP contribution is -2.25. The normalized spacial score (nSPS) is 10.8. The number of ketones is 1. The van der Waals surface area contributed by atoms with Gasteiger partial charge in [-0.15, -0.1) is 0 Å². The number of nitrogens with zero attached hydrogens (tertiary/aromatic N) is 2. The van der Waals surface area contributed by atoms with E-state index >= 15 is 0 Å². The molecule has 0 aliphatic rings. The van der Waals surface area contributed by atoms with Gasteiger partial charge in [0.05, 0.1) is 23.7 Å². The van der Waals surface area contributed by atoms with Gasteiger partial charge in [0, 0.05) is 23.5 Å². The van der Waals surface area contributed by atoms with Crippen molar-refractivity contribution in [2.75, 3.05) is 12.4 Å². The minimum Gasteiger partial charge on any atom is -0.497 e. The summed E-state index contributed by atoms with van der Waals surface area (Å²) in [4.78, 5) is 43.3. The molecule has 0 saturated heterocycles. The number of amides is 1. The molecule has 7 nitrogen and oxygen atoms in total. The van der Waals surface area contributed by atoms with Crippen molar-refractivity contribution in [3.05, 3.63) is 99.5 Å². The number of ether oxygens (including phenoxy) is 1. The van der Waals surface area contributed by atoms with Crippen molar-refractivity contribution >= 4 is 28.4 Å². The molecule has 4 aromatic rings. The number of anilines is 1. The molecule has 0 aliphatic carbocycles. The fourth-order valence-electron chi connectivity index (χ4n) is 3.50. The lowest BCUT2D eigenvalue weighted by atomic mass is 10.0. The van der Waals surface area contributed by atoms with Crippen molar-refractivity contribution in [3.63, 3.8) is 0 Å². The van der Waals surface area contributed by atoms with Gasteiger partial charge < -0.3 is 14.6 Å². The molecule has 1 N–H and O–H groups in total. The summed E-state index contributed by atoms with van der Waals surface area (Å²) in [5.41, 5.74) is -0.0358. The van der Waals surface area contributed by atoms with Crippen molar-refractivity contribution in [1.82, 2.24) is 9.55 Å². The molecule has 2 aromatic heterocycles. The molecule has 0 spiro atoms. The molecule has 0 aliphatic heterocycles. The summed E-state index contributed by atoms with van der Waals surface area (Å²) in [5, 5.41) is 2.45. The standard InChI is InChI=1S/C25H19F2N3O4/c1-14-6-8-18-24(33)19(23(32)15-4-3-5-17(10-15)34-2)12-30(25(18)28-14)13-22(31)29-21-11-16(26)7-9-20(21)27/h3-12H,13H2,1-2H3,(H,29,31). The zero-order valence-electron chi connectivity index (χ0n) is 18.3. The predicted octanol–water partition coefficient (Wildman–Crippen LogP) is 3.86. The highest BCUT2D eigenvalue weighted by Crippen LogP contribution is 2.19. The molecule has 2 aromatic carbocycles. The number of carbonyl (C=O) groups excluding carboxylic acids is 2. The van der Waals surface area contributed by atoms with E-state index in [1.807, 2.05) is 0 Å². The number of aryl methyl sites for hydroxylation is 1. The quantitative estimate of drug-likeness (QED) is 0.439. The maximum Gasteiger partial charge on any atom is 0.244 e. The molecular formula is C25H19F2N3O4. The second-order valence-corrected chi connectivity index (χ2v) is 7.56. The van der Waals surface area contributed by atoms with Crippen LogP contribution in [-0.2, 0) is 11.3 Å². The predicted molar refractivity (Wildman–Crippen MR) is 122 cm³/mol. The molecule has 34 heavy (non-hydrogen) atoms. The van der Waals surface area contributed by atoms with Crippen molar-refractivity contribution in [2.24, 2.45) is 0 Å². The van der Waals surface area contributed by atoms with E-state index in [0.29, 0.717) is 11.4 Å². The van der Waals surface area contributed by atoms with Crippen LogP contribution in [0.5, 0.6) is 5.75 Å². The highest BCUT2D eigenvalue weighted by atomic mass is 19.1. The Morgan fingerprint density at radius 1 is 1.09 bits per heavy atom. The van der Waals surface area contributed by atoms with Gasteiger partial charge in [-0.1, -0.05) is 12.1 Å². The second-order valence-electron chi connectivity index (χ2n) is 7.56. The average molecular weight is 463 g/mol. The smallest absolute Gasteiger partial charge is 0.244 e. The Bertz CT molecular complexity index is 1500. The highest BCUT2D eigenvalue weighted by molar-refractivity contribution is 6.10. The van der Waals surface area contributed by atoms with Gasteiger partial charge in [0.15, 0.2) is 5.78 Å². The summed E-state index contributed by atoms with van der Waals surface area (Å²) in [6.45, 7) is 1.31. The number of pyridine rings is 2. The van der Waals surface area contributed by atoms with Crippen LogP contribution in [0.15, 0.2) is 65.6 Å². The molecule has 0 atom stereocenters. The maximum atomic E-state index is 14.0. The third kappa shape index (κ3) is 4.54. The Hall–Kier alpha value is -4.40. The summed E-state index contributed by atoms with van der Waals surface area (Å²) in [5.74, 6) is -2.33. The molecule has 1 amide bonds. The van der Waals surface area contributed by atoms with Crippen LogP contribution in [0.2, 0.25) is 0 Å². The Balaban J connectivity index is 1.77. The first-order valence-corrected chi connectivity index (χ1v) is 10.2. The number of aromatic nitrogens is 2. The molecular weight excluding hydrogens is 444 g/mol. The van der Waals surface area contributed by atoms with Crippen LogP contribution in [0.1, 0.15) is 21.6 Å². The van der Waals surface area contributed by atoms with Gasteiger partial charge >= 0.3 is 0 Å². The van der Waals surface area contributed by atoms with Gasteiger partial charge in [0.2, 0.25) is 11.3 Å². The first-order chi connectivity index (χ1) is 16.3. The number of methoxy groups -OCH3 is 1. The molecule has 9 heteroatoms. The second kappa shape index (κ2) is 9.22. The third-order valence-electron chi connectivity index (χ3n) is 5.15. The Labute approximate surface area is 192 Å². The molecule has 0 saturated carbocycles. The molecule has 0 unspecified atom stereocenters. The number of benzene rings is 2. The molecule has 4 rings (SSSR count). The summed E-state index contributed by atoms with van der Waals surface area (Å²) in [6.07, 6.45) is 1.25. The van der Waals surface area contributed by atoms with Crippen LogP contribution in [0.4, 0.5) is 14.5 Å². The van der Waals surface area contributed by atoms with E-state index in [9.17, 15) is 23.2 Å². The number of nitrogens with one attached hydrogen (secondary N) is 1. The van der Waals surface area contributed by atoms with Crippen LogP contribution in [0.25, 0.3) is 11.0 Å². The highest BCUT2D eigenvalue weighted by Gasteiger charge is 2.20. The third-order valence-corrected chi connectivity index (χ3v) is 5.15. The number of carbonyl (C=O) groups is 2. The summed E-state index contributed by atoms with van der Waals surface area (Å²) >= 11 is 0. The average Bonchev–Trinajstić information content (AvgIpc) is 2.82. The van der Waals surface area contributed by atoms with Crippen molar-refractivity contribution in [2.45, 2.75) is 13.5 Å². The molecule has 0 radical (unpaired) electrons. The van der Waals surface area contributed by atoms with Crippen LogP contribution < -0.4 is 15.5 Å². The zero-order chi connectivity index (χ0) is 24.4. The minimum atomic E-state index is -0.803. The van der Waals surface area contributed by atoms with Crippen LogP contribution in [-0.4, -0.2) is 28.4 Å². The lowest BCUT2D eigenvalue weighted by molar-refractivity contribution is -0.116. The number of halogens is 2. The lowest BCUT2D eigenvalue weighted by Gasteiger charge is -2.14. The van der Waals surface area contributed by atoms with Gasteiger partial charge in [-0.25, -0.2) is 13.8 Å². The minimum absolute atomic E-state index is 0.143. The van der Waals surface area contributed by atoms with E-state index in [4.69, 9.17) is 4.74 Å². The molecule has 0 fully saturated rings. The fraction of sp³-hybridized carbons (Fsp3) is 0.120. The topological polar surface area (TPSA) is 90.3 Å². The number of hydrogen-bond acceptors (Lipinski definition) is 5. The Kier molecular flexibility index (Phi) is 6.18. The zero-order valence-corrected chi connectivity index (χ0v) is 18.3. The van der Waals surface area contributed by atoms with Crippen LogP contribution in [0.3, 0.4) is 0 Å². The largest absolute Gasteiger partial charge is 0.497 e. The number of fused-ring (bicyclic) bond motifs is 1. The first-order valence-electron chi connectivity index (χ1n) is 10.2. The number of rotatable bonds is 6. The van der Waals surface area contributed by atoms with Crippen molar-refractivity contribution in [3.8, 4) is 5.75 Å². The molecule has 172 valence electrons. The van der Waals surface area contributed by atoms with Crippen LogP contribution in [0, 0.1) is 18.6 Å². The molecule has 0 bridgehead atoms. The Morgan fingerprint density at radius 3 is 2.65 bits per heavy atom. The fourth-order valence-corrected chi connectivity index (χ4v) is 3.50. The van der Waals surface area contributed by atoms with Crippen LogP contribution >= 0.6 is 0 Å². The van der Waals surface area contributed by atoms with E-state index in [2.05, 4.69) is 10.3 Å². The van der Waals surface area contributed by atoms with E-state index in [-0.39, 0.29) is 27.8 Å². The maximum absolute atomic E-state index is 14.0. The van der Waals surface area contributed by atoms with Gasteiger partial charge in [0.1, 0.15) is 29.6 Å². The summed E-state index contributed by atoms with van der Waals surface area (Å²) in [6, 6.07) is 12.2. The monoisotopic (exact) mass is 463 g/mol. The van der Waals surface area contributed by atoms with E-state index in [0.717, 1.165) is 18.2 Å². The molecule has 2 heterocycles. The first kappa shape index (κ1) is 22.8. The van der Waals surface area contributed by atoms with E-state index in [1.54, 1.807) is 31.2 Å². The summed E-state index contributed by atoms with van der Waals surface area (Å²) in [7, 11) is 1.46. The summed E-state index contributed by atoms with van der Waals surface area (Å²) < 4.78 is 33.9. The van der Waals surface area contributed by atoms with E-state index < -0.39 is 35.3 Å². The van der Waals surface area contributed by atoms with Crippen molar-refractivity contribution < 1.29 is 23.1 Å². The van der Waals surface area contributed by atoms with Crippen molar-refractivity contribution in [1.29, 1.82) is 0 Å². The number of hydrogen-bond donors (Lipinski definition) is 1. The Morgan fingerprint density at radius 2 is 1.88 bits per heavy atom.